The summed E-state index contributed by atoms with van der Waals surface area (Å²) in [5.41, 5.74) is 6.18. The summed E-state index contributed by atoms with van der Waals surface area (Å²) in [5, 5.41) is 20.5. The smallest absolute Gasteiger partial charge is 0.129 e. The average Bonchev–Trinajstić information content (AvgIpc) is 3.23. The highest BCUT2D eigenvalue weighted by Gasteiger charge is 2.24. The van der Waals surface area contributed by atoms with E-state index in [4.69, 9.17) is 16.6 Å². The van der Waals surface area contributed by atoms with Gasteiger partial charge in [0.25, 0.3) is 0 Å². The normalized spacial score (nSPS) is 15.2. The quantitative estimate of drug-likeness (QED) is 0.0986. The van der Waals surface area contributed by atoms with E-state index in [1.807, 2.05) is 54.6 Å². The Morgan fingerprint density at radius 3 is 1.54 bits per heavy atom. The molecule has 2 aliphatic heterocycles. The fourth-order valence-electron chi connectivity index (χ4n) is 7.77. The SMILES string of the molecule is CC(C)(C)NC1CCN(c2cc(NCc3ccccc3)nc3ccccc23)CC1.CC(C)(C)NC1CCNCC1.Clc1cc(NCc2ccccc2)nc2ccccc12. The molecule has 8 nitrogen and oxygen atoms in total. The van der Waals surface area contributed by atoms with E-state index in [0.717, 1.165) is 65.3 Å². The van der Waals surface area contributed by atoms with Crippen molar-refractivity contribution in [1.82, 2.24) is 25.9 Å². The van der Waals surface area contributed by atoms with E-state index in [0.29, 0.717) is 6.04 Å². The molecule has 8 rings (SSSR count). The minimum Gasteiger partial charge on any atom is -0.371 e. The summed E-state index contributed by atoms with van der Waals surface area (Å²) in [4.78, 5) is 11.9. The maximum atomic E-state index is 6.26. The van der Waals surface area contributed by atoms with Crippen molar-refractivity contribution in [2.45, 2.75) is 103 Å². The highest BCUT2D eigenvalue weighted by atomic mass is 35.5. The lowest BCUT2D eigenvalue weighted by Crippen LogP contribution is -2.49. The van der Waals surface area contributed by atoms with Crippen LogP contribution in [0.15, 0.2) is 121 Å². The topological polar surface area (TPSA) is 89.2 Å². The molecule has 4 aromatic carbocycles. The summed E-state index contributed by atoms with van der Waals surface area (Å²) in [6.45, 7) is 19.5. The number of para-hydroxylation sites is 2. The van der Waals surface area contributed by atoms with Gasteiger partial charge >= 0.3 is 0 Å². The molecule has 5 N–H and O–H groups in total. The van der Waals surface area contributed by atoms with Gasteiger partial charge in [0.1, 0.15) is 11.6 Å². The lowest BCUT2D eigenvalue weighted by atomic mass is 9.99. The van der Waals surface area contributed by atoms with Crippen LogP contribution in [0.25, 0.3) is 21.8 Å². The molecular weight excluding hydrogens is 748 g/mol. The molecule has 9 heteroatoms. The first kappa shape index (κ1) is 43.8. The molecule has 0 radical (unpaired) electrons. The van der Waals surface area contributed by atoms with E-state index in [2.05, 4.69) is 145 Å². The number of pyridine rings is 2. The number of aromatic nitrogens is 2. The predicted molar refractivity (Wildman–Crippen MR) is 253 cm³/mol. The van der Waals surface area contributed by atoms with Crippen LogP contribution < -0.4 is 31.5 Å². The van der Waals surface area contributed by atoms with Gasteiger partial charge in [0.15, 0.2) is 0 Å². The number of hydrogen-bond acceptors (Lipinski definition) is 8. The first-order valence-corrected chi connectivity index (χ1v) is 21.8. The van der Waals surface area contributed by atoms with E-state index in [-0.39, 0.29) is 11.1 Å². The van der Waals surface area contributed by atoms with Crippen LogP contribution in [-0.4, -0.2) is 59.3 Å². The van der Waals surface area contributed by atoms with Gasteiger partial charge in [-0.1, -0.05) is 109 Å². The van der Waals surface area contributed by atoms with E-state index in [1.165, 1.54) is 61.0 Å². The van der Waals surface area contributed by atoms with Crippen LogP contribution in [-0.2, 0) is 13.1 Å². The van der Waals surface area contributed by atoms with Gasteiger partial charge in [0.2, 0.25) is 0 Å². The Labute approximate surface area is 358 Å². The van der Waals surface area contributed by atoms with Crippen molar-refractivity contribution in [3.05, 3.63) is 137 Å². The molecule has 4 heterocycles. The second-order valence-electron chi connectivity index (χ2n) is 17.8. The minimum absolute atomic E-state index is 0.171. The number of hydrogen-bond donors (Lipinski definition) is 5. The number of piperidine rings is 2. The molecule has 59 heavy (non-hydrogen) atoms. The molecular formula is C50H65ClN8. The Balaban J connectivity index is 0.000000166. The van der Waals surface area contributed by atoms with Gasteiger partial charge < -0.3 is 31.5 Å². The molecule has 2 aromatic heterocycles. The number of rotatable bonds is 9. The van der Waals surface area contributed by atoms with Crippen LogP contribution >= 0.6 is 11.6 Å². The predicted octanol–water partition coefficient (Wildman–Crippen LogP) is 10.8. The molecule has 312 valence electrons. The number of benzene rings is 4. The summed E-state index contributed by atoms with van der Waals surface area (Å²) in [6.07, 6.45) is 4.88. The van der Waals surface area contributed by atoms with Crippen LogP contribution in [0.5, 0.6) is 0 Å². The number of halogens is 1. The Morgan fingerprint density at radius 2 is 1.02 bits per heavy atom. The van der Waals surface area contributed by atoms with E-state index in [9.17, 15) is 0 Å². The van der Waals surface area contributed by atoms with E-state index < -0.39 is 0 Å². The zero-order chi connectivity index (χ0) is 41.7. The molecule has 0 spiro atoms. The van der Waals surface area contributed by atoms with Gasteiger partial charge in [-0.15, -0.1) is 0 Å². The second-order valence-corrected chi connectivity index (χ2v) is 18.2. The van der Waals surface area contributed by atoms with Crippen molar-refractivity contribution in [3.63, 3.8) is 0 Å². The van der Waals surface area contributed by atoms with Gasteiger partial charge in [-0.3, -0.25) is 0 Å². The zero-order valence-electron chi connectivity index (χ0n) is 36.0. The van der Waals surface area contributed by atoms with Gasteiger partial charge in [-0.25, -0.2) is 9.97 Å². The molecule has 2 fully saturated rings. The van der Waals surface area contributed by atoms with Gasteiger partial charge in [0.05, 0.1) is 16.1 Å². The highest BCUT2D eigenvalue weighted by Crippen LogP contribution is 2.31. The average molecular weight is 814 g/mol. The molecule has 0 atom stereocenters. The van der Waals surface area contributed by atoms with Crippen LogP contribution in [0, 0.1) is 0 Å². The Hall–Kier alpha value is -4.73. The summed E-state index contributed by atoms with van der Waals surface area (Å²) in [5.74, 6) is 1.74. The summed E-state index contributed by atoms with van der Waals surface area (Å²) < 4.78 is 0. The van der Waals surface area contributed by atoms with Crippen LogP contribution in [0.4, 0.5) is 17.3 Å². The molecule has 0 bridgehead atoms. The summed E-state index contributed by atoms with van der Waals surface area (Å²) >= 11 is 6.26. The number of nitrogens with zero attached hydrogens (tertiary/aromatic N) is 3. The lowest BCUT2D eigenvalue weighted by Gasteiger charge is -2.37. The minimum atomic E-state index is 0.171. The van der Waals surface area contributed by atoms with Crippen molar-refractivity contribution in [2.75, 3.05) is 41.7 Å². The van der Waals surface area contributed by atoms with Crippen molar-refractivity contribution in [1.29, 1.82) is 0 Å². The van der Waals surface area contributed by atoms with Gasteiger partial charge in [0, 0.05) is 71.9 Å². The maximum Gasteiger partial charge on any atom is 0.129 e. The fraction of sp³-hybridized carbons (Fsp3) is 0.400. The van der Waals surface area contributed by atoms with Crippen LogP contribution in [0.2, 0.25) is 5.02 Å². The van der Waals surface area contributed by atoms with Crippen molar-refractivity contribution >= 4 is 50.7 Å². The summed E-state index contributed by atoms with van der Waals surface area (Å²) in [7, 11) is 0. The number of anilines is 3. The largest absolute Gasteiger partial charge is 0.371 e. The molecule has 0 saturated carbocycles. The monoisotopic (exact) mass is 813 g/mol. The van der Waals surface area contributed by atoms with Crippen molar-refractivity contribution < 1.29 is 0 Å². The van der Waals surface area contributed by atoms with Crippen LogP contribution in [0.3, 0.4) is 0 Å². The zero-order valence-corrected chi connectivity index (χ0v) is 36.7. The molecule has 2 aliphatic rings. The van der Waals surface area contributed by atoms with Crippen LogP contribution in [0.1, 0.15) is 78.4 Å². The molecule has 0 unspecified atom stereocenters. The Morgan fingerprint density at radius 1 is 0.576 bits per heavy atom. The molecule has 0 amide bonds. The third kappa shape index (κ3) is 14.2. The standard InChI is InChI=1S/C25H32N4.C16H13ClN2.C9H20N2/c1-25(2,3)28-20-13-15-29(16-14-20)23-17-24(26-18-19-9-5-4-6-10-19)27-22-12-8-7-11-21(22)23;17-14-10-16(18-11-12-6-2-1-3-7-12)19-15-9-5-4-8-13(14)15;1-9(2,3)11-8-4-6-10-7-5-8/h4-12,17,20,28H,13-16,18H2,1-3H3,(H,26,27);1-10H,11H2,(H,18,19);8,10-11H,4-7H2,1-3H3. The molecule has 0 aliphatic carbocycles. The second kappa shape index (κ2) is 21.0. The van der Waals surface area contributed by atoms with Crippen molar-refractivity contribution in [3.8, 4) is 0 Å². The summed E-state index contributed by atoms with van der Waals surface area (Å²) in [6, 6.07) is 42.5. The van der Waals surface area contributed by atoms with Gasteiger partial charge in [-0.05, 0) is 110 Å². The third-order valence-electron chi connectivity index (χ3n) is 10.4. The molecule has 6 aromatic rings. The number of fused-ring (bicyclic) bond motifs is 2. The maximum absolute atomic E-state index is 6.26. The first-order valence-electron chi connectivity index (χ1n) is 21.4. The van der Waals surface area contributed by atoms with E-state index >= 15 is 0 Å². The highest BCUT2D eigenvalue weighted by molar-refractivity contribution is 6.35. The van der Waals surface area contributed by atoms with Crippen molar-refractivity contribution in [2.24, 2.45) is 0 Å². The Kier molecular flexibility index (Phi) is 15.6. The fourth-order valence-corrected chi connectivity index (χ4v) is 8.03. The van der Waals surface area contributed by atoms with Gasteiger partial charge in [-0.2, -0.15) is 0 Å². The Bertz CT molecular complexity index is 2170. The number of nitrogens with one attached hydrogen (secondary N) is 5. The molecule has 2 saturated heterocycles. The lowest BCUT2D eigenvalue weighted by molar-refractivity contribution is 0.304. The first-order chi connectivity index (χ1) is 28.4. The third-order valence-corrected chi connectivity index (χ3v) is 10.8. The van der Waals surface area contributed by atoms with E-state index in [1.54, 1.807) is 0 Å².